The Hall–Kier alpha value is -1.96. The molecule has 0 fully saturated rings. The molecule has 0 spiro atoms. The number of primary amides is 1. The Labute approximate surface area is 97.7 Å². The molecule has 1 aromatic heterocycles. The molecule has 2 N–H and O–H groups in total. The number of nitrogens with zero attached hydrogens (tertiary/aromatic N) is 3. The fraction of sp³-hybridized carbons (Fsp3) is 0.556. The molecule has 0 aliphatic heterocycles. The predicted octanol–water partition coefficient (Wildman–Crippen LogP) is -1.12. The number of nitrogens with two attached hydrogens (primary N) is 1. The zero-order chi connectivity index (χ0) is 12.8. The lowest BCUT2D eigenvalue weighted by molar-refractivity contribution is -0.118. The van der Waals surface area contributed by atoms with Gasteiger partial charge < -0.3 is 15.2 Å². The van der Waals surface area contributed by atoms with Gasteiger partial charge in [0.05, 0.1) is 12.3 Å². The Bertz CT molecular complexity index is 415. The highest BCUT2D eigenvalue weighted by atomic mass is 16.6. The average Bonchev–Trinajstić information content (AvgIpc) is 2.60. The van der Waals surface area contributed by atoms with E-state index < -0.39 is 11.9 Å². The van der Waals surface area contributed by atoms with Crippen LogP contribution in [0, 0.1) is 6.92 Å². The zero-order valence-corrected chi connectivity index (χ0v) is 9.67. The molecule has 0 radical (unpaired) electrons. The van der Waals surface area contributed by atoms with Crippen molar-refractivity contribution in [3.8, 4) is 0 Å². The second-order valence-corrected chi connectivity index (χ2v) is 3.28. The van der Waals surface area contributed by atoms with Crippen LogP contribution in [0.1, 0.15) is 16.2 Å². The summed E-state index contributed by atoms with van der Waals surface area (Å²) in [7, 11) is 1.50. The third-order valence-electron chi connectivity index (χ3n) is 2.00. The van der Waals surface area contributed by atoms with Crippen LogP contribution in [0.4, 0.5) is 0 Å². The topological polar surface area (TPSA) is 109 Å². The summed E-state index contributed by atoms with van der Waals surface area (Å²) < 4.78 is 10.9. The second-order valence-electron chi connectivity index (χ2n) is 3.28. The number of hydrogen-bond donors (Lipinski definition) is 1. The van der Waals surface area contributed by atoms with Gasteiger partial charge in [-0.25, -0.2) is 9.48 Å². The summed E-state index contributed by atoms with van der Waals surface area (Å²) in [5, 5.41) is 7.28. The first-order valence-electron chi connectivity index (χ1n) is 4.90. The molecular formula is C9H14N4O4. The highest BCUT2D eigenvalue weighted by Crippen LogP contribution is 2.05. The molecule has 1 aromatic rings. The van der Waals surface area contributed by atoms with E-state index in [0.29, 0.717) is 12.3 Å². The summed E-state index contributed by atoms with van der Waals surface area (Å²) in [6, 6.07) is 0. The molecule has 8 heteroatoms. The molecule has 0 aliphatic carbocycles. The van der Waals surface area contributed by atoms with Gasteiger partial charge in [-0.3, -0.25) is 4.79 Å². The first kappa shape index (κ1) is 13.1. The van der Waals surface area contributed by atoms with Crippen LogP contribution in [0.3, 0.4) is 0 Å². The molecule has 0 unspecified atom stereocenters. The second kappa shape index (κ2) is 5.94. The largest absolute Gasteiger partial charge is 0.458 e. The normalized spacial score (nSPS) is 10.2. The summed E-state index contributed by atoms with van der Waals surface area (Å²) in [6.45, 7) is 1.93. The molecule has 0 aromatic carbocycles. The maximum absolute atomic E-state index is 11.5. The van der Waals surface area contributed by atoms with E-state index in [1.807, 2.05) is 0 Å². The van der Waals surface area contributed by atoms with Crippen molar-refractivity contribution in [1.29, 1.82) is 0 Å². The first-order valence-corrected chi connectivity index (χ1v) is 4.90. The monoisotopic (exact) mass is 242 g/mol. The number of hydrogen-bond acceptors (Lipinski definition) is 6. The quantitative estimate of drug-likeness (QED) is 0.499. The number of aromatic nitrogens is 3. The van der Waals surface area contributed by atoms with E-state index in [2.05, 4.69) is 10.3 Å². The van der Waals surface area contributed by atoms with E-state index in [4.69, 9.17) is 15.2 Å². The van der Waals surface area contributed by atoms with E-state index in [1.165, 1.54) is 11.8 Å². The van der Waals surface area contributed by atoms with Gasteiger partial charge in [-0.2, -0.15) is 0 Å². The minimum Gasteiger partial charge on any atom is -0.458 e. The highest BCUT2D eigenvalue weighted by Gasteiger charge is 2.18. The van der Waals surface area contributed by atoms with Gasteiger partial charge in [0, 0.05) is 7.11 Å². The van der Waals surface area contributed by atoms with Crippen LogP contribution in [0.25, 0.3) is 0 Å². The Morgan fingerprint density at radius 2 is 2.12 bits per heavy atom. The molecule has 0 saturated carbocycles. The van der Waals surface area contributed by atoms with Gasteiger partial charge in [0.2, 0.25) is 5.91 Å². The minimum atomic E-state index is -0.602. The lowest BCUT2D eigenvalue weighted by Crippen LogP contribution is -2.20. The predicted molar refractivity (Wildman–Crippen MR) is 56.1 cm³/mol. The number of esters is 1. The lowest BCUT2D eigenvalue weighted by atomic mass is 10.3. The molecule has 1 heterocycles. The van der Waals surface area contributed by atoms with Crippen LogP contribution in [-0.2, 0) is 20.8 Å². The van der Waals surface area contributed by atoms with Crippen molar-refractivity contribution in [1.82, 2.24) is 15.0 Å². The van der Waals surface area contributed by atoms with E-state index in [9.17, 15) is 9.59 Å². The molecule has 1 amide bonds. The molecule has 0 bridgehead atoms. The van der Waals surface area contributed by atoms with Crippen molar-refractivity contribution in [3.05, 3.63) is 11.4 Å². The van der Waals surface area contributed by atoms with Crippen LogP contribution in [0.5, 0.6) is 0 Å². The summed E-state index contributed by atoms with van der Waals surface area (Å²) >= 11 is 0. The Balaban J connectivity index is 2.68. The average molecular weight is 242 g/mol. The fourth-order valence-corrected chi connectivity index (χ4v) is 1.13. The number of ether oxygens (including phenoxy) is 2. The van der Waals surface area contributed by atoms with Crippen molar-refractivity contribution in [2.75, 3.05) is 20.3 Å². The smallest absolute Gasteiger partial charge is 0.360 e. The van der Waals surface area contributed by atoms with Crippen molar-refractivity contribution >= 4 is 11.9 Å². The van der Waals surface area contributed by atoms with Crippen LogP contribution in [0.2, 0.25) is 0 Å². The molecule has 0 aliphatic rings. The van der Waals surface area contributed by atoms with Crippen LogP contribution in [0.15, 0.2) is 0 Å². The Morgan fingerprint density at radius 1 is 1.41 bits per heavy atom. The summed E-state index contributed by atoms with van der Waals surface area (Å²) in [4.78, 5) is 22.2. The van der Waals surface area contributed by atoms with Crippen LogP contribution >= 0.6 is 0 Å². The van der Waals surface area contributed by atoms with Gasteiger partial charge >= 0.3 is 5.97 Å². The fourth-order valence-electron chi connectivity index (χ4n) is 1.13. The molecular weight excluding hydrogens is 228 g/mol. The van der Waals surface area contributed by atoms with Crippen molar-refractivity contribution in [2.24, 2.45) is 5.73 Å². The van der Waals surface area contributed by atoms with E-state index >= 15 is 0 Å². The molecule has 17 heavy (non-hydrogen) atoms. The number of carbonyl (C=O) groups is 2. The van der Waals surface area contributed by atoms with Gasteiger partial charge in [-0.15, -0.1) is 5.10 Å². The standard InChI is InChI=1S/C9H14N4O4/c1-6-8(9(15)17-4-3-16-2)11-12-13(6)5-7(10)14/h3-5H2,1-2H3,(H2,10,14). The zero-order valence-electron chi connectivity index (χ0n) is 9.67. The van der Waals surface area contributed by atoms with Crippen LogP contribution in [-0.4, -0.2) is 47.2 Å². The Morgan fingerprint density at radius 3 is 2.71 bits per heavy atom. The third-order valence-corrected chi connectivity index (χ3v) is 2.00. The number of rotatable bonds is 6. The van der Waals surface area contributed by atoms with Gasteiger partial charge in [-0.05, 0) is 6.92 Å². The number of methoxy groups -OCH3 is 1. The maximum atomic E-state index is 11.5. The van der Waals surface area contributed by atoms with E-state index in [-0.39, 0.29) is 18.8 Å². The van der Waals surface area contributed by atoms with Gasteiger partial charge in [0.15, 0.2) is 5.69 Å². The SMILES string of the molecule is COCCOC(=O)c1nnn(CC(N)=O)c1C. The lowest BCUT2D eigenvalue weighted by Gasteiger charge is -2.02. The first-order chi connectivity index (χ1) is 8.06. The van der Waals surface area contributed by atoms with Gasteiger partial charge in [0.1, 0.15) is 13.2 Å². The number of amides is 1. The van der Waals surface area contributed by atoms with Crippen molar-refractivity contribution < 1.29 is 19.1 Å². The Kier molecular flexibility index (Phi) is 4.58. The summed E-state index contributed by atoms with van der Waals surface area (Å²) in [5.41, 5.74) is 5.52. The molecule has 8 nitrogen and oxygen atoms in total. The summed E-state index contributed by atoms with van der Waals surface area (Å²) in [5.74, 6) is -1.16. The number of carbonyl (C=O) groups excluding carboxylic acids is 2. The van der Waals surface area contributed by atoms with Gasteiger partial charge in [0.25, 0.3) is 0 Å². The molecule has 0 saturated heterocycles. The maximum Gasteiger partial charge on any atom is 0.360 e. The van der Waals surface area contributed by atoms with E-state index in [1.54, 1.807) is 6.92 Å². The van der Waals surface area contributed by atoms with Crippen molar-refractivity contribution in [2.45, 2.75) is 13.5 Å². The summed E-state index contributed by atoms with van der Waals surface area (Å²) in [6.07, 6.45) is 0. The van der Waals surface area contributed by atoms with E-state index in [0.717, 1.165) is 0 Å². The molecule has 1 rings (SSSR count). The highest BCUT2D eigenvalue weighted by molar-refractivity contribution is 5.88. The molecule has 0 atom stereocenters. The minimum absolute atomic E-state index is 0.0716. The van der Waals surface area contributed by atoms with Gasteiger partial charge in [-0.1, -0.05) is 5.21 Å². The molecule has 94 valence electrons. The van der Waals surface area contributed by atoms with Crippen LogP contribution < -0.4 is 5.73 Å². The third kappa shape index (κ3) is 3.52. The van der Waals surface area contributed by atoms with Crippen molar-refractivity contribution in [3.63, 3.8) is 0 Å².